The second-order valence-corrected chi connectivity index (χ2v) is 7.70. The van der Waals surface area contributed by atoms with E-state index in [2.05, 4.69) is 16.7 Å². The first-order valence-corrected chi connectivity index (χ1v) is 9.74. The lowest BCUT2D eigenvalue weighted by Crippen LogP contribution is -2.55. The maximum atomic E-state index is 13.1. The number of nitrogens with two attached hydrogens (primary N) is 1. The molecule has 1 amide bonds. The number of carbonyl (C=O) groups excluding carboxylic acids is 1. The van der Waals surface area contributed by atoms with Gasteiger partial charge in [0.15, 0.2) is 0 Å². The SMILES string of the molecule is CC(N)C1CCN(C(=O)C(C)N2CCN(c3ccc(F)cc3)CC2)CC1.Cl.Cl. The number of piperidine rings is 1. The fourth-order valence-corrected chi connectivity index (χ4v) is 4.09. The highest BCUT2D eigenvalue weighted by atomic mass is 35.5. The van der Waals surface area contributed by atoms with E-state index in [1.807, 2.05) is 24.0 Å². The average molecular weight is 435 g/mol. The Labute approximate surface area is 180 Å². The van der Waals surface area contributed by atoms with Gasteiger partial charge >= 0.3 is 0 Å². The molecule has 2 atom stereocenters. The van der Waals surface area contributed by atoms with Crippen LogP contribution in [0.4, 0.5) is 10.1 Å². The lowest BCUT2D eigenvalue weighted by Gasteiger charge is -2.41. The lowest BCUT2D eigenvalue weighted by atomic mass is 9.90. The van der Waals surface area contributed by atoms with Crippen LogP contribution in [0.25, 0.3) is 0 Å². The van der Waals surface area contributed by atoms with Crippen LogP contribution in [0.15, 0.2) is 24.3 Å². The first-order chi connectivity index (χ1) is 12.5. The number of likely N-dealkylation sites (tertiary alicyclic amines) is 1. The molecule has 0 saturated carbocycles. The van der Waals surface area contributed by atoms with Gasteiger partial charge in [-0.2, -0.15) is 0 Å². The van der Waals surface area contributed by atoms with E-state index in [1.54, 1.807) is 0 Å². The van der Waals surface area contributed by atoms with E-state index < -0.39 is 0 Å². The third-order valence-corrected chi connectivity index (χ3v) is 6.01. The topological polar surface area (TPSA) is 52.8 Å². The fourth-order valence-electron chi connectivity index (χ4n) is 4.09. The average Bonchev–Trinajstić information content (AvgIpc) is 2.67. The van der Waals surface area contributed by atoms with Gasteiger partial charge in [-0.05, 0) is 56.9 Å². The summed E-state index contributed by atoms with van der Waals surface area (Å²) in [5.41, 5.74) is 7.04. The number of hydrogen-bond acceptors (Lipinski definition) is 4. The van der Waals surface area contributed by atoms with Gasteiger partial charge in [0.2, 0.25) is 5.91 Å². The van der Waals surface area contributed by atoms with Crippen molar-refractivity contribution < 1.29 is 9.18 Å². The van der Waals surface area contributed by atoms with Gasteiger partial charge in [0.25, 0.3) is 0 Å². The molecule has 2 fully saturated rings. The number of carbonyl (C=O) groups is 1. The molecule has 0 spiro atoms. The van der Waals surface area contributed by atoms with Crippen molar-refractivity contribution in [2.24, 2.45) is 11.7 Å². The maximum Gasteiger partial charge on any atom is 0.239 e. The molecule has 160 valence electrons. The van der Waals surface area contributed by atoms with Crippen molar-refractivity contribution in [1.29, 1.82) is 0 Å². The molecule has 8 heteroatoms. The van der Waals surface area contributed by atoms with Crippen LogP contribution in [0.1, 0.15) is 26.7 Å². The molecule has 2 saturated heterocycles. The summed E-state index contributed by atoms with van der Waals surface area (Å²) in [6.07, 6.45) is 2.02. The van der Waals surface area contributed by atoms with Gasteiger partial charge < -0.3 is 15.5 Å². The van der Waals surface area contributed by atoms with Crippen molar-refractivity contribution >= 4 is 36.4 Å². The predicted molar refractivity (Wildman–Crippen MR) is 117 cm³/mol. The molecule has 2 N–H and O–H groups in total. The molecule has 2 aliphatic heterocycles. The molecule has 1 aromatic carbocycles. The molecular weight excluding hydrogens is 402 g/mol. The maximum absolute atomic E-state index is 13.1. The molecule has 1 aromatic rings. The Balaban J connectivity index is 0.00000196. The summed E-state index contributed by atoms with van der Waals surface area (Å²) >= 11 is 0. The van der Waals surface area contributed by atoms with Crippen LogP contribution >= 0.6 is 24.8 Å². The smallest absolute Gasteiger partial charge is 0.239 e. The number of piperazine rings is 1. The predicted octanol–water partition coefficient (Wildman–Crippen LogP) is 2.77. The Morgan fingerprint density at radius 3 is 2.04 bits per heavy atom. The van der Waals surface area contributed by atoms with Crippen LogP contribution in [0.5, 0.6) is 0 Å². The van der Waals surface area contributed by atoms with E-state index in [1.165, 1.54) is 12.1 Å². The molecular formula is C20H33Cl2FN4O. The van der Waals surface area contributed by atoms with Crippen molar-refractivity contribution in [3.63, 3.8) is 0 Å². The number of amides is 1. The largest absolute Gasteiger partial charge is 0.369 e. The standard InChI is InChI=1S/C20H31FN4O.2ClH/c1-15(22)17-7-9-25(10-8-17)20(26)16(2)23-11-13-24(14-12-23)19-5-3-18(21)4-6-19;;/h3-6,15-17H,7-14,22H2,1-2H3;2*1H. The highest BCUT2D eigenvalue weighted by molar-refractivity contribution is 5.85. The van der Waals surface area contributed by atoms with Gasteiger partial charge in [0.05, 0.1) is 6.04 Å². The van der Waals surface area contributed by atoms with Gasteiger partial charge in [-0.1, -0.05) is 0 Å². The summed E-state index contributed by atoms with van der Waals surface area (Å²) in [4.78, 5) is 19.4. The van der Waals surface area contributed by atoms with Crippen molar-refractivity contribution in [3.8, 4) is 0 Å². The second-order valence-electron chi connectivity index (χ2n) is 7.70. The van der Waals surface area contributed by atoms with E-state index in [0.29, 0.717) is 5.92 Å². The number of anilines is 1. The molecule has 2 aliphatic rings. The number of nitrogens with zero attached hydrogens (tertiary/aromatic N) is 3. The van der Waals surface area contributed by atoms with Gasteiger partial charge in [0.1, 0.15) is 5.82 Å². The second kappa shape index (κ2) is 11.2. The summed E-state index contributed by atoms with van der Waals surface area (Å²) in [5, 5.41) is 0. The summed E-state index contributed by atoms with van der Waals surface area (Å²) in [7, 11) is 0. The number of hydrogen-bond donors (Lipinski definition) is 1. The first-order valence-electron chi connectivity index (χ1n) is 9.74. The van der Waals surface area contributed by atoms with Crippen LogP contribution < -0.4 is 10.6 Å². The van der Waals surface area contributed by atoms with Crippen LogP contribution in [0.3, 0.4) is 0 Å². The van der Waals surface area contributed by atoms with Crippen molar-refractivity contribution in [1.82, 2.24) is 9.80 Å². The molecule has 28 heavy (non-hydrogen) atoms. The summed E-state index contributed by atoms with van der Waals surface area (Å²) in [6.45, 7) is 9.14. The molecule has 3 rings (SSSR count). The van der Waals surface area contributed by atoms with Crippen LogP contribution in [0.2, 0.25) is 0 Å². The van der Waals surface area contributed by atoms with Crippen LogP contribution in [-0.2, 0) is 4.79 Å². The quantitative estimate of drug-likeness (QED) is 0.791. The van der Waals surface area contributed by atoms with E-state index in [4.69, 9.17) is 5.73 Å². The Bertz CT molecular complexity index is 601. The van der Waals surface area contributed by atoms with Crippen molar-refractivity contribution in [2.45, 2.75) is 38.8 Å². The lowest BCUT2D eigenvalue weighted by molar-refractivity contribution is -0.138. The Kier molecular flexibility index (Phi) is 9.98. The van der Waals surface area contributed by atoms with Crippen LogP contribution in [-0.4, -0.2) is 67.1 Å². The zero-order valence-electron chi connectivity index (χ0n) is 16.7. The third kappa shape index (κ3) is 5.96. The minimum absolute atomic E-state index is 0. The molecule has 5 nitrogen and oxygen atoms in total. The van der Waals surface area contributed by atoms with E-state index in [9.17, 15) is 9.18 Å². The molecule has 0 aliphatic carbocycles. The molecule has 0 aromatic heterocycles. The van der Waals surface area contributed by atoms with Crippen molar-refractivity contribution in [2.75, 3.05) is 44.2 Å². The highest BCUT2D eigenvalue weighted by Gasteiger charge is 2.31. The van der Waals surface area contributed by atoms with Gasteiger partial charge in [0, 0.05) is 51.0 Å². The Morgan fingerprint density at radius 2 is 1.54 bits per heavy atom. The Morgan fingerprint density at radius 1 is 1.00 bits per heavy atom. The number of benzene rings is 1. The summed E-state index contributed by atoms with van der Waals surface area (Å²) < 4.78 is 13.1. The van der Waals surface area contributed by atoms with Gasteiger partial charge in [-0.15, -0.1) is 24.8 Å². The van der Waals surface area contributed by atoms with Gasteiger partial charge in [-0.3, -0.25) is 9.69 Å². The number of rotatable bonds is 4. The zero-order valence-corrected chi connectivity index (χ0v) is 18.4. The van der Waals surface area contributed by atoms with E-state index in [-0.39, 0.29) is 48.6 Å². The zero-order chi connectivity index (χ0) is 18.7. The molecule has 0 radical (unpaired) electrons. The Hall–Kier alpha value is -1.08. The van der Waals surface area contributed by atoms with E-state index >= 15 is 0 Å². The molecule has 0 bridgehead atoms. The van der Waals surface area contributed by atoms with Gasteiger partial charge in [-0.25, -0.2) is 4.39 Å². The number of halogens is 3. The minimum Gasteiger partial charge on any atom is -0.369 e. The first kappa shape index (κ1) is 25.0. The highest BCUT2D eigenvalue weighted by Crippen LogP contribution is 2.22. The van der Waals surface area contributed by atoms with E-state index in [0.717, 1.165) is 57.8 Å². The normalized spacial score (nSPS) is 20.7. The molecule has 2 heterocycles. The summed E-state index contributed by atoms with van der Waals surface area (Å²) in [6, 6.07) is 6.77. The van der Waals surface area contributed by atoms with Crippen molar-refractivity contribution in [3.05, 3.63) is 30.1 Å². The molecule has 2 unspecified atom stereocenters. The van der Waals surface area contributed by atoms with Crippen LogP contribution in [0, 0.1) is 11.7 Å². The minimum atomic E-state index is -0.209. The monoisotopic (exact) mass is 434 g/mol. The third-order valence-electron chi connectivity index (χ3n) is 6.01. The fraction of sp³-hybridized carbons (Fsp3) is 0.650. The summed E-state index contributed by atoms with van der Waals surface area (Å²) in [5.74, 6) is 0.566.